The molecule has 1 N–H and O–H groups in total. The lowest BCUT2D eigenvalue weighted by Gasteiger charge is -2.31. The Balaban J connectivity index is 0.00000162. The van der Waals surface area contributed by atoms with Crippen molar-refractivity contribution in [1.82, 2.24) is 5.32 Å². The fraction of sp³-hybridized carbons (Fsp3) is 0.300. The van der Waals surface area contributed by atoms with Gasteiger partial charge in [-0.05, 0) is 12.1 Å². The predicted molar refractivity (Wildman–Crippen MR) is 60.8 cm³/mol. The van der Waals surface area contributed by atoms with Gasteiger partial charge in [0.15, 0.2) is 6.61 Å². The monoisotopic (exact) mass is 301 g/mol. The minimum Gasteiger partial charge on any atom is -0.443 e. The van der Waals surface area contributed by atoms with E-state index in [0.29, 0.717) is 0 Å². The second-order valence-electron chi connectivity index (χ2n) is 3.58. The molecule has 1 aliphatic rings. The minimum atomic E-state index is -3.37. The second kappa shape index (κ2) is 5.24. The molecule has 1 aliphatic heterocycles. The third kappa shape index (κ3) is 2.81. The van der Waals surface area contributed by atoms with Crippen LogP contribution in [0.3, 0.4) is 0 Å². The van der Waals surface area contributed by atoms with E-state index in [-0.39, 0.29) is 23.0 Å². The van der Waals surface area contributed by atoms with Crippen LogP contribution in [0.5, 0.6) is 0 Å². The summed E-state index contributed by atoms with van der Waals surface area (Å²) >= 11 is 5.52. The summed E-state index contributed by atoms with van der Waals surface area (Å²) in [5.41, 5.74) is -0.323. The standard InChI is InChI=1S/C10H7ClF3NO2.ClH/c11-5-1-2-6(7(12)3-5)8-10(13,14)4-17-9(16)15-8;/h1-3,8H,4H2,(H,15,16);1H/t8-;/m0./s1. The summed E-state index contributed by atoms with van der Waals surface area (Å²) in [4.78, 5) is 10.9. The Morgan fingerprint density at radius 2 is 2.11 bits per heavy atom. The zero-order valence-electron chi connectivity index (χ0n) is 8.75. The molecule has 100 valence electrons. The molecular weight excluding hydrogens is 294 g/mol. The maximum absolute atomic E-state index is 13.5. The van der Waals surface area contributed by atoms with Gasteiger partial charge in [-0.25, -0.2) is 18.0 Å². The molecule has 0 saturated carbocycles. The third-order valence-corrected chi connectivity index (χ3v) is 2.59. The maximum Gasteiger partial charge on any atom is 0.408 e. The first-order valence-electron chi connectivity index (χ1n) is 4.66. The lowest BCUT2D eigenvalue weighted by Crippen LogP contribution is -2.49. The molecule has 0 aromatic heterocycles. The summed E-state index contributed by atoms with van der Waals surface area (Å²) < 4.78 is 44.6. The highest BCUT2D eigenvalue weighted by atomic mass is 35.5. The van der Waals surface area contributed by atoms with Gasteiger partial charge < -0.3 is 10.1 Å². The molecule has 0 aliphatic carbocycles. The van der Waals surface area contributed by atoms with Crippen molar-refractivity contribution >= 4 is 30.1 Å². The lowest BCUT2D eigenvalue weighted by atomic mass is 9.99. The average molecular weight is 302 g/mol. The number of halogens is 5. The molecule has 1 saturated heterocycles. The van der Waals surface area contributed by atoms with E-state index in [1.54, 1.807) is 0 Å². The molecule has 1 aromatic rings. The van der Waals surface area contributed by atoms with Gasteiger partial charge in [0.2, 0.25) is 0 Å². The van der Waals surface area contributed by atoms with E-state index in [0.717, 1.165) is 12.1 Å². The highest BCUT2D eigenvalue weighted by Gasteiger charge is 2.47. The molecule has 18 heavy (non-hydrogen) atoms. The van der Waals surface area contributed by atoms with Crippen molar-refractivity contribution in [3.63, 3.8) is 0 Å². The molecular formula is C10H8Cl2F3NO2. The van der Waals surface area contributed by atoms with E-state index in [9.17, 15) is 18.0 Å². The Kier molecular flexibility index (Phi) is 4.34. The molecule has 1 heterocycles. The number of cyclic esters (lactones) is 1. The van der Waals surface area contributed by atoms with Gasteiger partial charge in [0, 0.05) is 10.6 Å². The number of alkyl halides is 2. The first-order valence-corrected chi connectivity index (χ1v) is 5.04. The number of amides is 1. The van der Waals surface area contributed by atoms with Crippen LogP contribution < -0.4 is 5.32 Å². The van der Waals surface area contributed by atoms with E-state index < -0.39 is 30.5 Å². The van der Waals surface area contributed by atoms with Crippen molar-refractivity contribution in [2.75, 3.05) is 6.61 Å². The number of hydrogen-bond donors (Lipinski definition) is 1. The van der Waals surface area contributed by atoms with Crippen LogP contribution in [0.1, 0.15) is 11.6 Å². The Morgan fingerprint density at radius 1 is 1.44 bits per heavy atom. The van der Waals surface area contributed by atoms with E-state index in [1.807, 2.05) is 5.32 Å². The average Bonchev–Trinajstić information content (AvgIpc) is 2.23. The third-order valence-electron chi connectivity index (χ3n) is 2.35. The Morgan fingerprint density at radius 3 is 2.72 bits per heavy atom. The maximum atomic E-state index is 13.5. The van der Waals surface area contributed by atoms with Crippen LogP contribution in [0.4, 0.5) is 18.0 Å². The number of alkyl carbamates (subject to hydrolysis) is 1. The summed E-state index contributed by atoms with van der Waals surface area (Å²) in [6.45, 7) is -1.08. The summed E-state index contributed by atoms with van der Waals surface area (Å²) in [6, 6.07) is 1.55. The molecule has 8 heteroatoms. The zero-order chi connectivity index (χ0) is 12.6. The normalized spacial score (nSPS) is 21.6. The molecule has 1 amide bonds. The second-order valence-corrected chi connectivity index (χ2v) is 4.02. The fourth-order valence-corrected chi connectivity index (χ4v) is 1.71. The van der Waals surface area contributed by atoms with Gasteiger partial charge in [0.05, 0.1) is 0 Å². The quantitative estimate of drug-likeness (QED) is 0.864. The van der Waals surface area contributed by atoms with Gasteiger partial charge in [-0.3, -0.25) is 0 Å². The SMILES string of the molecule is Cl.O=C1N[C@@H](c2ccc(Cl)cc2F)C(F)(F)CO1. The molecule has 1 fully saturated rings. The lowest BCUT2D eigenvalue weighted by molar-refractivity contribution is -0.105. The van der Waals surface area contributed by atoms with Gasteiger partial charge in [-0.1, -0.05) is 17.7 Å². The molecule has 0 bridgehead atoms. The Bertz CT molecular complexity index is 470. The van der Waals surface area contributed by atoms with Crippen LogP contribution in [0, 0.1) is 5.82 Å². The molecule has 1 atom stereocenters. The van der Waals surface area contributed by atoms with Crippen molar-refractivity contribution in [2.24, 2.45) is 0 Å². The van der Waals surface area contributed by atoms with Crippen LogP contribution in [0.25, 0.3) is 0 Å². The Hall–Kier alpha value is -1.14. The first kappa shape index (κ1) is 14.9. The molecule has 3 nitrogen and oxygen atoms in total. The summed E-state index contributed by atoms with van der Waals surface area (Å²) in [6.07, 6.45) is -1.00. The predicted octanol–water partition coefficient (Wildman–Crippen LogP) is 3.32. The van der Waals surface area contributed by atoms with E-state index in [1.165, 1.54) is 6.07 Å². The minimum absolute atomic E-state index is 0. The van der Waals surface area contributed by atoms with Crippen LogP contribution in [0.15, 0.2) is 18.2 Å². The number of hydrogen-bond acceptors (Lipinski definition) is 2. The zero-order valence-corrected chi connectivity index (χ0v) is 10.3. The van der Waals surface area contributed by atoms with Crippen molar-refractivity contribution in [3.05, 3.63) is 34.6 Å². The smallest absolute Gasteiger partial charge is 0.408 e. The van der Waals surface area contributed by atoms with Crippen LogP contribution in [-0.4, -0.2) is 18.6 Å². The number of nitrogens with one attached hydrogen (secondary N) is 1. The van der Waals surface area contributed by atoms with Crippen molar-refractivity contribution < 1.29 is 22.7 Å². The van der Waals surface area contributed by atoms with Gasteiger partial charge in [0.1, 0.15) is 11.9 Å². The molecule has 0 spiro atoms. The Labute approximate surface area is 112 Å². The van der Waals surface area contributed by atoms with E-state index >= 15 is 0 Å². The van der Waals surface area contributed by atoms with Gasteiger partial charge in [0.25, 0.3) is 0 Å². The summed E-state index contributed by atoms with van der Waals surface area (Å²) in [5, 5.41) is 1.98. The number of benzene rings is 1. The van der Waals surface area contributed by atoms with Crippen molar-refractivity contribution in [3.8, 4) is 0 Å². The number of carbonyl (C=O) groups excluding carboxylic acids is 1. The largest absolute Gasteiger partial charge is 0.443 e. The highest BCUT2D eigenvalue weighted by molar-refractivity contribution is 6.30. The number of ether oxygens (including phenoxy) is 1. The van der Waals surface area contributed by atoms with E-state index in [4.69, 9.17) is 11.6 Å². The number of carbonyl (C=O) groups is 1. The van der Waals surface area contributed by atoms with Gasteiger partial charge in [-0.15, -0.1) is 12.4 Å². The van der Waals surface area contributed by atoms with E-state index in [2.05, 4.69) is 4.74 Å². The topological polar surface area (TPSA) is 38.3 Å². The molecule has 1 aromatic carbocycles. The molecule has 0 radical (unpaired) electrons. The van der Waals surface area contributed by atoms with Crippen LogP contribution in [0.2, 0.25) is 5.02 Å². The van der Waals surface area contributed by atoms with Crippen LogP contribution >= 0.6 is 24.0 Å². The first-order chi connectivity index (χ1) is 7.90. The highest BCUT2D eigenvalue weighted by Crippen LogP contribution is 2.36. The van der Waals surface area contributed by atoms with Crippen LogP contribution in [-0.2, 0) is 4.74 Å². The van der Waals surface area contributed by atoms with Crippen molar-refractivity contribution in [2.45, 2.75) is 12.0 Å². The van der Waals surface area contributed by atoms with Gasteiger partial charge >= 0.3 is 12.0 Å². The molecule has 2 rings (SSSR count). The fourth-order valence-electron chi connectivity index (χ4n) is 1.55. The summed E-state index contributed by atoms with van der Waals surface area (Å²) in [5.74, 6) is -4.27. The summed E-state index contributed by atoms with van der Waals surface area (Å²) in [7, 11) is 0. The molecule has 0 unspecified atom stereocenters. The van der Waals surface area contributed by atoms with Gasteiger partial charge in [-0.2, -0.15) is 0 Å². The van der Waals surface area contributed by atoms with Crippen molar-refractivity contribution in [1.29, 1.82) is 0 Å². The number of rotatable bonds is 1.